The lowest BCUT2D eigenvalue weighted by molar-refractivity contribution is 0.0751. The number of nitrogens with zero attached hydrogens (tertiary/aromatic N) is 1. The second-order valence-corrected chi connectivity index (χ2v) is 5.61. The maximum Gasteiger partial charge on any atom is 0.257 e. The lowest BCUT2D eigenvalue weighted by Gasteiger charge is -2.26. The van der Waals surface area contributed by atoms with E-state index in [0.717, 1.165) is 29.4 Å². The van der Waals surface area contributed by atoms with Gasteiger partial charge in [0.2, 0.25) is 0 Å². The molecule has 21 heavy (non-hydrogen) atoms. The van der Waals surface area contributed by atoms with E-state index in [0.29, 0.717) is 22.8 Å². The van der Waals surface area contributed by atoms with Gasteiger partial charge < -0.3 is 10.1 Å². The third-order valence-electron chi connectivity index (χ3n) is 3.60. The predicted octanol–water partition coefficient (Wildman–Crippen LogP) is 3.70. The lowest BCUT2D eigenvalue weighted by atomic mass is 10.1. The number of aryl methyl sites for hydroxylation is 1. The summed E-state index contributed by atoms with van der Waals surface area (Å²) in [4.78, 5) is 16.7. The lowest BCUT2D eigenvalue weighted by Crippen LogP contribution is -2.42. The molecule has 2 heterocycles. The van der Waals surface area contributed by atoms with Crippen molar-refractivity contribution in [2.75, 3.05) is 0 Å². The molecule has 0 fully saturated rings. The Kier molecular flexibility index (Phi) is 3.72. The Morgan fingerprint density at radius 3 is 2.86 bits per heavy atom. The van der Waals surface area contributed by atoms with Gasteiger partial charge >= 0.3 is 0 Å². The third-order valence-corrected chi connectivity index (χ3v) is 3.91. The van der Waals surface area contributed by atoms with E-state index in [1.54, 1.807) is 6.07 Å². The summed E-state index contributed by atoms with van der Waals surface area (Å²) in [5.74, 6) is 0.453. The van der Waals surface area contributed by atoms with E-state index in [2.05, 4.69) is 17.2 Å². The first-order chi connectivity index (χ1) is 10.1. The molecule has 1 aliphatic rings. The molecule has 4 nitrogen and oxygen atoms in total. The van der Waals surface area contributed by atoms with Gasteiger partial charge in [-0.2, -0.15) is 0 Å². The minimum atomic E-state index is -0.281. The number of benzene rings is 1. The van der Waals surface area contributed by atoms with Crippen molar-refractivity contribution in [1.29, 1.82) is 0 Å². The van der Waals surface area contributed by atoms with E-state index in [9.17, 15) is 4.79 Å². The van der Waals surface area contributed by atoms with E-state index in [1.165, 1.54) is 0 Å². The molecule has 1 N–H and O–H groups in total. The molecular formula is C16H17ClN2O2. The molecule has 110 valence electrons. The van der Waals surface area contributed by atoms with Crippen molar-refractivity contribution in [2.45, 2.75) is 39.3 Å². The van der Waals surface area contributed by atoms with Crippen LogP contribution in [0.1, 0.15) is 42.7 Å². The number of hydrogen-bond donors (Lipinski definition) is 1. The van der Waals surface area contributed by atoms with Crippen LogP contribution in [0, 0.1) is 0 Å². The van der Waals surface area contributed by atoms with Gasteiger partial charge in [-0.15, -0.1) is 0 Å². The SMILES string of the molecule is CCCc1cc(Cl)c2cc3c(cc2n1)OC(CC)NC3=O. The van der Waals surface area contributed by atoms with Gasteiger partial charge in [-0.3, -0.25) is 9.78 Å². The van der Waals surface area contributed by atoms with E-state index >= 15 is 0 Å². The number of hydrogen-bond acceptors (Lipinski definition) is 3. The third kappa shape index (κ3) is 2.56. The second kappa shape index (κ2) is 5.53. The average molecular weight is 305 g/mol. The van der Waals surface area contributed by atoms with Crippen LogP contribution in [0.25, 0.3) is 10.9 Å². The molecule has 1 aromatic carbocycles. The molecule has 1 amide bonds. The van der Waals surface area contributed by atoms with Crippen LogP contribution < -0.4 is 10.1 Å². The van der Waals surface area contributed by atoms with Crippen LogP contribution in [0.5, 0.6) is 5.75 Å². The van der Waals surface area contributed by atoms with Gasteiger partial charge in [0.25, 0.3) is 5.91 Å². The first-order valence-corrected chi connectivity index (χ1v) is 7.60. The van der Waals surface area contributed by atoms with Crippen molar-refractivity contribution in [3.63, 3.8) is 0 Å². The highest BCUT2D eigenvalue weighted by Crippen LogP contribution is 2.32. The first-order valence-electron chi connectivity index (χ1n) is 7.23. The standard InChI is InChI=1S/C16H17ClN2O2/c1-3-5-9-6-12(17)10-7-11-14(8-13(10)18-9)21-15(4-2)19-16(11)20/h6-8,15H,3-5H2,1-2H3,(H,19,20). The van der Waals surface area contributed by atoms with Gasteiger partial charge in [0.1, 0.15) is 5.75 Å². The van der Waals surface area contributed by atoms with Crippen molar-refractivity contribution in [3.05, 3.63) is 34.5 Å². The number of amides is 1. The fraction of sp³-hybridized carbons (Fsp3) is 0.375. The fourth-order valence-electron chi connectivity index (χ4n) is 2.52. The number of rotatable bonds is 3. The molecule has 0 aliphatic carbocycles. The topological polar surface area (TPSA) is 51.2 Å². The van der Waals surface area contributed by atoms with Crippen molar-refractivity contribution in [2.24, 2.45) is 0 Å². The van der Waals surface area contributed by atoms with E-state index in [-0.39, 0.29) is 12.1 Å². The van der Waals surface area contributed by atoms with Crippen LogP contribution in [0.3, 0.4) is 0 Å². The summed E-state index contributed by atoms with van der Waals surface area (Å²) < 4.78 is 5.78. The molecule has 0 radical (unpaired) electrons. The van der Waals surface area contributed by atoms with E-state index in [4.69, 9.17) is 16.3 Å². The summed E-state index contributed by atoms with van der Waals surface area (Å²) in [7, 11) is 0. The highest BCUT2D eigenvalue weighted by Gasteiger charge is 2.25. The Morgan fingerprint density at radius 1 is 1.33 bits per heavy atom. The number of nitrogens with one attached hydrogen (secondary N) is 1. The normalized spacial score (nSPS) is 17.3. The van der Waals surface area contributed by atoms with E-state index in [1.807, 2.05) is 19.1 Å². The minimum absolute atomic E-state index is 0.126. The van der Waals surface area contributed by atoms with Gasteiger partial charge in [-0.25, -0.2) is 0 Å². The monoisotopic (exact) mass is 304 g/mol. The number of halogens is 1. The molecule has 0 saturated carbocycles. The first kappa shape index (κ1) is 14.1. The van der Waals surface area contributed by atoms with Crippen molar-refractivity contribution in [3.8, 4) is 5.75 Å². The molecule has 1 aromatic heterocycles. The highest BCUT2D eigenvalue weighted by molar-refractivity contribution is 6.35. The summed E-state index contributed by atoms with van der Waals surface area (Å²) in [6, 6.07) is 5.45. The molecule has 0 bridgehead atoms. The van der Waals surface area contributed by atoms with Crippen LogP contribution in [-0.4, -0.2) is 17.1 Å². The maximum absolute atomic E-state index is 12.1. The predicted molar refractivity (Wildman–Crippen MR) is 82.9 cm³/mol. The summed E-state index contributed by atoms with van der Waals surface area (Å²) in [5.41, 5.74) is 2.25. The molecule has 3 rings (SSSR count). The maximum atomic E-state index is 12.1. The van der Waals surface area contributed by atoms with Crippen molar-refractivity contribution >= 4 is 28.4 Å². The molecular weight excluding hydrogens is 288 g/mol. The Hall–Kier alpha value is -1.81. The summed E-state index contributed by atoms with van der Waals surface area (Å²) in [6.45, 7) is 4.07. The number of aromatic nitrogens is 1. The smallest absolute Gasteiger partial charge is 0.257 e. The second-order valence-electron chi connectivity index (χ2n) is 5.20. The summed E-state index contributed by atoms with van der Waals surface area (Å²) in [5, 5.41) is 4.22. The molecule has 0 saturated heterocycles. The zero-order chi connectivity index (χ0) is 15.0. The summed E-state index contributed by atoms with van der Waals surface area (Å²) in [6.07, 6.45) is 2.33. The number of ether oxygens (including phenoxy) is 1. The van der Waals surface area contributed by atoms with Gasteiger partial charge in [-0.1, -0.05) is 31.9 Å². The van der Waals surface area contributed by atoms with Crippen LogP contribution in [0.15, 0.2) is 18.2 Å². The minimum Gasteiger partial charge on any atom is -0.470 e. The van der Waals surface area contributed by atoms with Crippen LogP contribution >= 0.6 is 11.6 Å². The Balaban J connectivity index is 2.15. The van der Waals surface area contributed by atoms with Crippen molar-refractivity contribution < 1.29 is 9.53 Å². The Labute approximate surface area is 128 Å². The Morgan fingerprint density at radius 2 is 2.14 bits per heavy atom. The highest BCUT2D eigenvalue weighted by atomic mass is 35.5. The zero-order valence-corrected chi connectivity index (χ0v) is 12.8. The van der Waals surface area contributed by atoms with Crippen LogP contribution in [0.4, 0.5) is 0 Å². The quantitative estimate of drug-likeness (QED) is 0.940. The van der Waals surface area contributed by atoms with E-state index < -0.39 is 0 Å². The number of carbonyl (C=O) groups is 1. The average Bonchev–Trinajstić information content (AvgIpc) is 2.46. The molecule has 2 aromatic rings. The van der Waals surface area contributed by atoms with Gasteiger partial charge in [0, 0.05) is 23.6 Å². The molecule has 1 unspecified atom stereocenters. The Bertz CT molecular complexity index is 715. The number of pyridine rings is 1. The van der Waals surface area contributed by atoms with Crippen molar-refractivity contribution in [1.82, 2.24) is 10.3 Å². The van der Waals surface area contributed by atoms with Crippen LogP contribution in [0.2, 0.25) is 5.02 Å². The molecule has 5 heteroatoms. The van der Waals surface area contributed by atoms with Gasteiger partial charge in [0.05, 0.1) is 16.1 Å². The molecule has 1 atom stereocenters. The van der Waals surface area contributed by atoms with Crippen LogP contribution in [-0.2, 0) is 6.42 Å². The number of carbonyl (C=O) groups excluding carboxylic acids is 1. The van der Waals surface area contributed by atoms with Gasteiger partial charge in [0.15, 0.2) is 6.23 Å². The summed E-state index contributed by atoms with van der Waals surface area (Å²) >= 11 is 6.33. The number of fused-ring (bicyclic) bond motifs is 2. The fourth-order valence-corrected chi connectivity index (χ4v) is 2.79. The largest absolute Gasteiger partial charge is 0.470 e. The van der Waals surface area contributed by atoms with Gasteiger partial charge in [-0.05, 0) is 18.6 Å². The molecule has 1 aliphatic heterocycles. The molecule has 0 spiro atoms. The zero-order valence-electron chi connectivity index (χ0n) is 12.1.